The minimum absolute atomic E-state index is 0.0210. The van der Waals surface area contributed by atoms with Gasteiger partial charge in [-0.3, -0.25) is 0 Å². The molecule has 0 saturated carbocycles. The number of nitrogen functional groups attached to an aromatic ring is 1. The molecular formula is C9H6F3IN2O. The average molecular weight is 342 g/mol. The number of nitrogens with two attached hydrogens (primary N) is 1. The van der Waals surface area contributed by atoms with E-state index in [1.54, 1.807) is 22.6 Å². The third kappa shape index (κ3) is 3.44. The quantitative estimate of drug-likeness (QED) is 0.664. The summed E-state index contributed by atoms with van der Waals surface area (Å²) < 4.78 is 40.7. The van der Waals surface area contributed by atoms with Crippen LogP contribution in [0.2, 0.25) is 0 Å². The standard InChI is InChI=1S/C9H6F3IN2O/c10-9(11,12)4-16-8-6(13)1-5(3-14)2-7(8)15/h1-2H,4,15H2. The van der Waals surface area contributed by atoms with Crippen molar-refractivity contribution in [1.82, 2.24) is 0 Å². The molecule has 0 spiro atoms. The van der Waals surface area contributed by atoms with Crippen LogP contribution in [0.3, 0.4) is 0 Å². The Morgan fingerprint density at radius 3 is 2.50 bits per heavy atom. The molecule has 0 aromatic heterocycles. The van der Waals surface area contributed by atoms with Gasteiger partial charge in [-0.05, 0) is 34.7 Å². The summed E-state index contributed by atoms with van der Waals surface area (Å²) >= 11 is 1.76. The second kappa shape index (κ2) is 4.78. The number of nitriles is 1. The lowest BCUT2D eigenvalue weighted by Crippen LogP contribution is -2.20. The predicted octanol–water partition coefficient (Wildman–Crippen LogP) is 2.69. The molecule has 1 aromatic rings. The third-order valence-corrected chi connectivity index (χ3v) is 2.38. The number of hydrogen-bond donors (Lipinski definition) is 1. The third-order valence-electron chi connectivity index (χ3n) is 1.58. The number of anilines is 1. The van der Waals surface area contributed by atoms with Gasteiger partial charge in [0, 0.05) is 0 Å². The van der Waals surface area contributed by atoms with Gasteiger partial charge in [-0.1, -0.05) is 0 Å². The molecular weight excluding hydrogens is 336 g/mol. The Balaban J connectivity index is 2.94. The molecule has 0 unspecified atom stereocenters. The number of alkyl halides is 3. The van der Waals surface area contributed by atoms with Crippen molar-refractivity contribution in [2.45, 2.75) is 6.18 Å². The fraction of sp³-hybridized carbons (Fsp3) is 0.222. The summed E-state index contributed by atoms with van der Waals surface area (Å²) in [5.41, 5.74) is 5.78. The summed E-state index contributed by atoms with van der Waals surface area (Å²) in [6, 6.07) is 4.52. The van der Waals surface area contributed by atoms with Gasteiger partial charge in [0.25, 0.3) is 0 Å². The van der Waals surface area contributed by atoms with Gasteiger partial charge in [-0.2, -0.15) is 18.4 Å². The zero-order chi connectivity index (χ0) is 12.3. The van der Waals surface area contributed by atoms with Crippen molar-refractivity contribution in [1.29, 1.82) is 5.26 Å². The molecule has 0 aliphatic heterocycles. The molecule has 0 radical (unpaired) electrons. The van der Waals surface area contributed by atoms with Crippen molar-refractivity contribution in [3.8, 4) is 11.8 Å². The molecule has 0 atom stereocenters. The molecule has 16 heavy (non-hydrogen) atoms. The first-order valence-corrected chi connectivity index (χ1v) is 5.10. The molecule has 3 nitrogen and oxygen atoms in total. The fourth-order valence-electron chi connectivity index (χ4n) is 0.986. The largest absolute Gasteiger partial charge is 0.481 e. The topological polar surface area (TPSA) is 59.0 Å². The smallest absolute Gasteiger partial charge is 0.422 e. The Morgan fingerprint density at radius 2 is 2.06 bits per heavy atom. The van der Waals surface area contributed by atoms with Crippen LogP contribution >= 0.6 is 22.6 Å². The molecule has 1 rings (SSSR count). The van der Waals surface area contributed by atoms with Crippen molar-refractivity contribution in [2.24, 2.45) is 0 Å². The van der Waals surface area contributed by atoms with E-state index in [9.17, 15) is 13.2 Å². The van der Waals surface area contributed by atoms with Crippen LogP contribution in [0.4, 0.5) is 18.9 Å². The number of nitrogens with zero attached hydrogens (tertiary/aromatic N) is 1. The van der Waals surface area contributed by atoms with Crippen LogP contribution in [-0.4, -0.2) is 12.8 Å². The SMILES string of the molecule is N#Cc1cc(N)c(OCC(F)(F)F)c(I)c1. The zero-order valence-electron chi connectivity index (χ0n) is 7.81. The van der Waals surface area contributed by atoms with Crippen molar-refractivity contribution < 1.29 is 17.9 Å². The predicted molar refractivity (Wildman–Crippen MR) is 59.8 cm³/mol. The Morgan fingerprint density at radius 1 is 1.44 bits per heavy atom. The van der Waals surface area contributed by atoms with E-state index >= 15 is 0 Å². The Bertz CT molecular complexity index is 416. The van der Waals surface area contributed by atoms with Crippen molar-refractivity contribution >= 4 is 28.3 Å². The van der Waals surface area contributed by atoms with Gasteiger partial charge >= 0.3 is 6.18 Å². The first kappa shape index (κ1) is 12.9. The van der Waals surface area contributed by atoms with Crippen LogP contribution in [0.1, 0.15) is 5.56 Å². The van der Waals surface area contributed by atoms with E-state index in [-0.39, 0.29) is 17.0 Å². The normalized spacial score (nSPS) is 10.9. The lowest BCUT2D eigenvalue weighted by atomic mass is 10.2. The van der Waals surface area contributed by atoms with E-state index in [0.717, 1.165) is 0 Å². The summed E-state index contributed by atoms with van der Waals surface area (Å²) in [6.45, 7) is -1.40. The molecule has 0 heterocycles. The lowest BCUT2D eigenvalue weighted by Gasteiger charge is -2.12. The van der Waals surface area contributed by atoms with Crippen LogP contribution in [0.5, 0.6) is 5.75 Å². The maximum absolute atomic E-state index is 11.9. The Kier molecular flexibility index (Phi) is 3.85. The Labute approximate surface area is 103 Å². The molecule has 1 aromatic carbocycles. The first-order chi connectivity index (χ1) is 7.33. The monoisotopic (exact) mass is 342 g/mol. The second-order valence-electron chi connectivity index (χ2n) is 2.89. The lowest BCUT2D eigenvalue weighted by molar-refractivity contribution is -0.153. The van der Waals surface area contributed by atoms with E-state index in [1.165, 1.54) is 12.1 Å². The second-order valence-corrected chi connectivity index (χ2v) is 4.05. The maximum atomic E-state index is 11.9. The van der Waals surface area contributed by atoms with Crippen molar-refractivity contribution in [3.05, 3.63) is 21.3 Å². The highest BCUT2D eigenvalue weighted by atomic mass is 127. The molecule has 0 amide bonds. The van der Waals surface area contributed by atoms with Gasteiger partial charge < -0.3 is 10.5 Å². The van der Waals surface area contributed by atoms with Gasteiger partial charge in [-0.15, -0.1) is 0 Å². The van der Waals surface area contributed by atoms with Gasteiger partial charge in [0.15, 0.2) is 12.4 Å². The number of benzene rings is 1. The molecule has 0 aliphatic rings. The average Bonchev–Trinajstić information content (AvgIpc) is 2.14. The summed E-state index contributed by atoms with van der Waals surface area (Å²) in [6.07, 6.45) is -4.41. The van der Waals surface area contributed by atoms with Crippen LogP contribution in [0, 0.1) is 14.9 Å². The molecule has 0 saturated heterocycles. The van der Waals surface area contributed by atoms with Gasteiger partial charge in [0.1, 0.15) is 0 Å². The van der Waals surface area contributed by atoms with Crippen LogP contribution in [0.25, 0.3) is 0 Å². The summed E-state index contributed by atoms with van der Waals surface area (Å²) in [4.78, 5) is 0. The van der Waals surface area contributed by atoms with Gasteiger partial charge in [0.2, 0.25) is 0 Å². The number of ether oxygens (including phenoxy) is 1. The number of hydrogen-bond acceptors (Lipinski definition) is 3. The highest BCUT2D eigenvalue weighted by molar-refractivity contribution is 14.1. The number of rotatable bonds is 2. The first-order valence-electron chi connectivity index (χ1n) is 4.02. The van der Waals surface area contributed by atoms with Crippen LogP contribution < -0.4 is 10.5 Å². The molecule has 86 valence electrons. The van der Waals surface area contributed by atoms with E-state index in [0.29, 0.717) is 3.57 Å². The molecule has 2 N–H and O–H groups in total. The Hall–Kier alpha value is -1.17. The summed E-state index contributed by atoms with van der Waals surface area (Å²) in [5, 5.41) is 8.61. The van der Waals surface area contributed by atoms with Crippen molar-refractivity contribution in [3.63, 3.8) is 0 Å². The van der Waals surface area contributed by atoms with Crippen LogP contribution in [0.15, 0.2) is 12.1 Å². The van der Waals surface area contributed by atoms with Gasteiger partial charge in [-0.25, -0.2) is 0 Å². The molecule has 0 fully saturated rings. The molecule has 0 bridgehead atoms. The summed E-state index contributed by atoms with van der Waals surface area (Å²) in [7, 11) is 0. The van der Waals surface area contributed by atoms with E-state index in [2.05, 4.69) is 4.74 Å². The van der Waals surface area contributed by atoms with Crippen molar-refractivity contribution in [2.75, 3.05) is 12.3 Å². The zero-order valence-corrected chi connectivity index (χ0v) is 9.96. The molecule has 0 aliphatic carbocycles. The highest BCUT2D eigenvalue weighted by Gasteiger charge is 2.29. The summed E-state index contributed by atoms with van der Waals surface area (Å²) in [5.74, 6) is -0.0445. The minimum atomic E-state index is -4.41. The maximum Gasteiger partial charge on any atom is 0.422 e. The van der Waals surface area contributed by atoms with E-state index in [1.807, 2.05) is 6.07 Å². The highest BCUT2D eigenvalue weighted by Crippen LogP contribution is 2.30. The molecule has 7 heteroatoms. The fourth-order valence-corrected chi connectivity index (χ4v) is 1.79. The van der Waals surface area contributed by atoms with Gasteiger partial charge in [0.05, 0.1) is 20.9 Å². The van der Waals surface area contributed by atoms with E-state index < -0.39 is 12.8 Å². The van der Waals surface area contributed by atoms with E-state index in [4.69, 9.17) is 11.0 Å². The number of halogens is 4. The minimum Gasteiger partial charge on any atom is -0.481 e. The van der Waals surface area contributed by atoms with Crippen LogP contribution in [-0.2, 0) is 0 Å².